The van der Waals surface area contributed by atoms with Gasteiger partial charge in [0.1, 0.15) is 0 Å². The molecular formula is C72H102N2Ni. The first-order chi connectivity index (χ1) is 36.4. The molecule has 0 amide bonds. The number of unbranched alkanes of at least 4 members (excludes halogenated alkanes) is 17. The minimum Gasteiger partial charge on any atom is -0.493 e. The van der Waals surface area contributed by atoms with Gasteiger partial charge in [-0.25, -0.2) is 4.70 Å². The summed E-state index contributed by atoms with van der Waals surface area (Å²) < 4.78 is 1.55. The Kier molecular flexibility index (Phi) is 39.4. The number of rotatable bonds is 33. The summed E-state index contributed by atoms with van der Waals surface area (Å²) in [6, 6.07) is 37.5. The van der Waals surface area contributed by atoms with Crippen molar-refractivity contribution in [1.29, 1.82) is 0 Å². The van der Waals surface area contributed by atoms with Crippen LogP contribution in [0, 0.1) is 49.4 Å². The molecular weight excluding hydrogens is 951 g/mol. The van der Waals surface area contributed by atoms with Gasteiger partial charge < -0.3 is 5.53 Å². The van der Waals surface area contributed by atoms with Gasteiger partial charge in [0.15, 0.2) is 0 Å². The molecule has 0 spiro atoms. The molecule has 3 heteroatoms. The average Bonchev–Trinajstić information content (AvgIpc) is 3.75. The maximum absolute atomic E-state index is 12.2. The van der Waals surface area contributed by atoms with Gasteiger partial charge in [-0.1, -0.05) is 192 Å². The largest absolute Gasteiger partial charge is 2.00 e. The van der Waals surface area contributed by atoms with Crippen LogP contribution in [0.1, 0.15) is 254 Å². The Balaban J connectivity index is 0.00000110. The van der Waals surface area contributed by atoms with Crippen molar-refractivity contribution in [2.75, 3.05) is 0 Å². The molecule has 0 N–H and O–H groups in total. The first kappa shape index (κ1) is 66.4. The molecule has 2 nitrogen and oxygen atoms in total. The third-order valence-corrected chi connectivity index (χ3v) is 14.5. The third kappa shape index (κ3) is 29.4. The monoisotopic (exact) mass is 1050 g/mol. The molecule has 5 rings (SSSR count). The number of aryl methyl sites for hydroxylation is 2. The molecule has 410 valence electrons. The Morgan fingerprint density at radius 3 is 1.23 bits per heavy atom. The molecule has 1 heterocycles. The normalized spacial score (nSPS) is 12.4. The van der Waals surface area contributed by atoms with E-state index in [0.717, 1.165) is 98.7 Å². The van der Waals surface area contributed by atoms with Crippen molar-refractivity contribution in [3.8, 4) is 23.7 Å². The van der Waals surface area contributed by atoms with Gasteiger partial charge in [-0.15, -0.1) is 47.9 Å². The van der Waals surface area contributed by atoms with E-state index < -0.39 is 0 Å². The zero-order valence-corrected chi connectivity index (χ0v) is 49.2. The molecule has 0 saturated heterocycles. The summed E-state index contributed by atoms with van der Waals surface area (Å²) in [6.07, 6.45) is 40.2. The fourth-order valence-electron chi connectivity index (χ4n) is 9.85. The molecule has 1 aliphatic heterocycles. The molecule has 75 heavy (non-hydrogen) atoms. The fourth-order valence-corrected chi connectivity index (χ4v) is 9.85. The quantitative estimate of drug-likeness (QED) is 0.0149. The average molecular weight is 1050 g/mol. The Labute approximate surface area is 472 Å². The van der Waals surface area contributed by atoms with Crippen LogP contribution in [0.15, 0.2) is 121 Å². The Bertz CT molecular complexity index is 2210. The maximum atomic E-state index is 12.2. The van der Waals surface area contributed by atoms with E-state index >= 15 is 0 Å². The van der Waals surface area contributed by atoms with E-state index in [0.29, 0.717) is 11.8 Å². The van der Waals surface area contributed by atoms with Crippen molar-refractivity contribution in [3.63, 3.8) is 0 Å². The van der Waals surface area contributed by atoms with E-state index in [2.05, 4.69) is 127 Å². The van der Waals surface area contributed by atoms with Gasteiger partial charge in [0, 0.05) is 48.5 Å². The summed E-state index contributed by atoms with van der Waals surface area (Å²) in [5.74, 6) is 15.5. The van der Waals surface area contributed by atoms with Crippen molar-refractivity contribution in [3.05, 3.63) is 174 Å². The Hall–Kier alpha value is -4.69. The van der Waals surface area contributed by atoms with E-state index in [-0.39, 0.29) is 16.5 Å². The second-order valence-electron chi connectivity index (χ2n) is 21.1. The smallest absolute Gasteiger partial charge is 0.493 e. The maximum Gasteiger partial charge on any atom is 2.00 e. The van der Waals surface area contributed by atoms with E-state index in [1.165, 1.54) is 151 Å². The van der Waals surface area contributed by atoms with E-state index in [9.17, 15) is 5.53 Å². The van der Waals surface area contributed by atoms with Gasteiger partial charge in [-0.2, -0.15) is 49.2 Å². The summed E-state index contributed by atoms with van der Waals surface area (Å²) in [5, 5.41) is 0. The van der Waals surface area contributed by atoms with Crippen molar-refractivity contribution in [1.82, 2.24) is 0 Å². The second-order valence-corrected chi connectivity index (χ2v) is 21.1. The number of nitrogens with zero attached hydrogens (tertiary/aromatic N) is 2. The first-order valence-electron chi connectivity index (χ1n) is 30.1. The molecule has 0 radical (unpaired) electrons. The standard InChI is InChI=1S/C58H88N2.2C7H7.Ni/c1-6-11-16-18-20-22-24-26-28-30-38-50(36-13-8-3)45-47-52-41-32-34-43-55(52)57-49-54(40-15-10-5)58(60(57)59)56-44-35-33-42-53(56)48-46-51(37-14-9-4)39-31-29-27-25-23-21-19-17-12-7-2;2*1-7-5-3-2-4-6-7;/h32-35,41-44,49-51H,6-27,36-40,45-48H2,1-5H3;2*2-6H,1H2;/q;2*-1;+2. The molecule has 0 saturated carbocycles. The summed E-state index contributed by atoms with van der Waals surface area (Å²) in [5.41, 5.74) is 22.6. The van der Waals surface area contributed by atoms with Crippen LogP contribution in [0.25, 0.3) is 16.9 Å². The molecule has 0 aliphatic carbocycles. The molecule has 0 bridgehead atoms. The minimum absolute atomic E-state index is 0. The SMILES string of the molecule is CCCCCCCCCC#CCC(CCCC)CCc1ccccc1C1=CC(CCCC)=C(c2ccccc2CCC(CC#CCCCCCCCCC)CCCC)[N+]1=[N-].[CH2-]c1ccccc1.[CH2-]c1ccccc1.[Ni+2]. The van der Waals surface area contributed by atoms with Crippen LogP contribution in [-0.4, -0.2) is 4.70 Å². The fraction of sp³-hybridized carbons (Fsp3) is 0.528. The molecule has 4 aromatic carbocycles. The number of hydrogen-bond donors (Lipinski definition) is 0. The second kappa shape index (κ2) is 44.4. The van der Waals surface area contributed by atoms with Crippen LogP contribution in [0.4, 0.5) is 0 Å². The summed E-state index contributed by atoms with van der Waals surface area (Å²) in [6.45, 7) is 18.9. The van der Waals surface area contributed by atoms with E-state index in [1.807, 2.05) is 60.7 Å². The Morgan fingerprint density at radius 2 is 0.800 bits per heavy atom. The number of benzene rings is 4. The van der Waals surface area contributed by atoms with Crippen molar-refractivity contribution in [2.24, 2.45) is 11.8 Å². The summed E-state index contributed by atoms with van der Waals surface area (Å²) >= 11 is 0. The van der Waals surface area contributed by atoms with E-state index in [4.69, 9.17) is 0 Å². The van der Waals surface area contributed by atoms with E-state index in [1.54, 1.807) is 4.70 Å². The van der Waals surface area contributed by atoms with Crippen LogP contribution >= 0.6 is 0 Å². The van der Waals surface area contributed by atoms with Crippen LogP contribution < -0.4 is 0 Å². The zero-order chi connectivity index (χ0) is 53.1. The van der Waals surface area contributed by atoms with Gasteiger partial charge in [0.2, 0.25) is 11.4 Å². The van der Waals surface area contributed by atoms with Gasteiger partial charge in [-0.05, 0) is 99.3 Å². The van der Waals surface area contributed by atoms with Crippen LogP contribution in [0.2, 0.25) is 0 Å². The van der Waals surface area contributed by atoms with Crippen molar-refractivity contribution < 1.29 is 21.2 Å². The molecule has 0 fully saturated rings. The van der Waals surface area contributed by atoms with Gasteiger partial charge in [0.25, 0.3) is 0 Å². The van der Waals surface area contributed by atoms with Gasteiger partial charge >= 0.3 is 16.5 Å². The molecule has 1 aliphatic rings. The van der Waals surface area contributed by atoms with Gasteiger partial charge in [0.05, 0.1) is 0 Å². The van der Waals surface area contributed by atoms with Crippen LogP contribution in [0.5, 0.6) is 0 Å². The summed E-state index contributed by atoms with van der Waals surface area (Å²) in [7, 11) is 0. The van der Waals surface area contributed by atoms with Crippen LogP contribution in [-0.2, 0) is 29.3 Å². The van der Waals surface area contributed by atoms with Gasteiger partial charge in [-0.3, -0.25) is 0 Å². The Morgan fingerprint density at radius 1 is 0.413 bits per heavy atom. The van der Waals surface area contributed by atoms with Crippen molar-refractivity contribution in [2.45, 2.75) is 234 Å². The molecule has 0 aromatic heterocycles. The molecule has 2 unspecified atom stereocenters. The van der Waals surface area contributed by atoms with Crippen LogP contribution in [0.3, 0.4) is 0 Å². The predicted molar refractivity (Wildman–Crippen MR) is 325 cm³/mol. The molecule has 4 aromatic rings. The zero-order valence-electron chi connectivity index (χ0n) is 48.2. The molecule has 2 atom stereocenters. The topological polar surface area (TPSA) is 25.3 Å². The third-order valence-electron chi connectivity index (χ3n) is 14.5. The number of allylic oxidation sites excluding steroid dienone is 2. The summed E-state index contributed by atoms with van der Waals surface area (Å²) in [4.78, 5) is 0. The number of hydrogen-bond acceptors (Lipinski definition) is 0. The van der Waals surface area contributed by atoms with Crippen molar-refractivity contribution >= 4 is 11.4 Å². The minimum atomic E-state index is 0. The first-order valence-corrected chi connectivity index (χ1v) is 30.1. The predicted octanol–water partition coefficient (Wildman–Crippen LogP) is 22.0.